The minimum absolute atomic E-state index is 0.270. The molecule has 170 valence electrons. The molecule has 8 heteroatoms. The number of benzene rings is 2. The molecule has 0 aliphatic carbocycles. The quantitative estimate of drug-likeness (QED) is 0.358. The van der Waals surface area contributed by atoms with E-state index in [0.717, 1.165) is 41.4 Å². The number of rotatable bonds is 4. The molecule has 0 saturated carbocycles. The summed E-state index contributed by atoms with van der Waals surface area (Å²) < 4.78 is 31.9. The summed E-state index contributed by atoms with van der Waals surface area (Å²) in [5, 5.41) is 9.15. The molecule has 6 rings (SSSR count). The van der Waals surface area contributed by atoms with Gasteiger partial charge in [0.25, 0.3) is 0 Å². The van der Waals surface area contributed by atoms with Gasteiger partial charge >= 0.3 is 0 Å². The van der Waals surface area contributed by atoms with Gasteiger partial charge in [-0.15, -0.1) is 0 Å². The van der Waals surface area contributed by atoms with Crippen molar-refractivity contribution in [3.63, 3.8) is 0 Å². The van der Waals surface area contributed by atoms with Crippen molar-refractivity contribution in [3.8, 4) is 16.8 Å². The maximum absolute atomic E-state index is 14.5. The third-order valence-electron chi connectivity index (χ3n) is 6.43. The van der Waals surface area contributed by atoms with Crippen LogP contribution in [0.25, 0.3) is 22.5 Å². The van der Waals surface area contributed by atoms with Gasteiger partial charge in [-0.3, -0.25) is 0 Å². The molecule has 0 bridgehead atoms. The summed E-state index contributed by atoms with van der Waals surface area (Å²) in [6.07, 6.45) is 7.17. The van der Waals surface area contributed by atoms with Crippen LogP contribution in [0.5, 0.6) is 0 Å². The fourth-order valence-corrected chi connectivity index (χ4v) is 4.79. The second-order valence-electron chi connectivity index (χ2n) is 8.54. The smallest absolute Gasteiger partial charge is 0.183 e. The number of aromatic nitrogens is 5. The molecule has 2 aromatic carbocycles. The number of halogens is 2. The molecule has 0 amide bonds. The number of nitrogens with zero attached hydrogens (tertiary/aromatic N) is 6. The lowest BCUT2D eigenvalue weighted by Crippen LogP contribution is -2.24. The highest BCUT2D eigenvalue weighted by atomic mass is 19.1. The highest BCUT2D eigenvalue weighted by Gasteiger charge is 2.30. The van der Waals surface area contributed by atoms with Crippen molar-refractivity contribution in [2.24, 2.45) is 0 Å². The second kappa shape index (κ2) is 8.06. The lowest BCUT2D eigenvalue weighted by Gasteiger charge is -2.26. The first kappa shape index (κ1) is 20.5. The van der Waals surface area contributed by atoms with Crippen LogP contribution in [0.3, 0.4) is 0 Å². The maximum Gasteiger partial charge on any atom is 0.183 e. The fourth-order valence-electron chi connectivity index (χ4n) is 4.79. The van der Waals surface area contributed by atoms with Gasteiger partial charge in [0, 0.05) is 30.1 Å². The number of hydrogen-bond acceptors (Lipinski definition) is 4. The van der Waals surface area contributed by atoms with Crippen LogP contribution in [0.2, 0.25) is 0 Å². The Hall–Kier alpha value is -4.07. The van der Waals surface area contributed by atoms with Crippen LogP contribution in [-0.2, 0) is 0 Å². The molecule has 1 atom stereocenters. The van der Waals surface area contributed by atoms with Gasteiger partial charge in [0.15, 0.2) is 5.65 Å². The van der Waals surface area contributed by atoms with Crippen LogP contribution in [0.4, 0.5) is 14.6 Å². The number of fused-ring (bicyclic) bond motifs is 1. The van der Waals surface area contributed by atoms with Crippen LogP contribution in [-0.4, -0.2) is 30.9 Å². The van der Waals surface area contributed by atoms with Crippen molar-refractivity contribution in [2.45, 2.75) is 25.8 Å². The molecular weight excluding hydrogens is 434 g/mol. The number of anilines is 1. The standard InChI is InChI=1S/C26H22F2N6/c1-17-21(18-6-3-2-4-7-18)16-34(31-17)24-15-29-33-13-11-25(30-26(24)33)32-12-5-8-23(32)20-14-19(27)9-10-22(20)28/h2-4,6-7,9-11,13-16,23H,5,8,12H2,1H3/t23-/m1/s1. The van der Waals surface area contributed by atoms with E-state index in [1.165, 1.54) is 12.1 Å². The summed E-state index contributed by atoms with van der Waals surface area (Å²) in [6, 6.07) is 15.3. The van der Waals surface area contributed by atoms with E-state index in [-0.39, 0.29) is 6.04 Å². The minimum Gasteiger partial charge on any atom is -0.349 e. The van der Waals surface area contributed by atoms with Crippen LogP contribution in [0.1, 0.15) is 30.1 Å². The van der Waals surface area contributed by atoms with E-state index in [2.05, 4.69) is 17.2 Å². The molecule has 0 unspecified atom stereocenters. The van der Waals surface area contributed by atoms with E-state index in [1.807, 2.05) is 48.5 Å². The molecule has 1 aliphatic rings. The molecule has 6 nitrogen and oxygen atoms in total. The summed E-state index contributed by atoms with van der Waals surface area (Å²) in [6.45, 7) is 2.69. The Kier molecular flexibility index (Phi) is 4.86. The van der Waals surface area contributed by atoms with Gasteiger partial charge in [-0.25, -0.2) is 23.0 Å². The van der Waals surface area contributed by atoms with Crippen LogP contribution < -0.4 is 4.90 Å². The second-order valence-corrected chi connectivity index (χ2v) is 8.54. The van der Waals surface area contributed by atoms with Crippen molar-refractivity contribution in [1.82, 2.24) is 24.4 Å². The number of aryl methyl sites for hydroxylation is 1. The van der Waals surface area contributed by atoms with E-state index < -0.39 is 11.6 Å². The Morgan fingerprint density at radius 2 is 1.88 bits per heavy atom. The molecule has 34 heavy (non-hydrogen) atoms. The SMILES string of the molecule is Cc1nn(-c2cnn3ccc(N4CCC[C@@H]4c4cc(F)ccc4F)nc23)cc1-c1ccccc1. The lowest BCUT2D eigenvalue weighted by molar-refractivity contribution is 0.560. The predicted octanol–water partition coefficient (Wildman–Crippen LogP) is 5.51. The van der Waals surface area contributed by atoms with Crippen LogP contribution >= 0.6 is 0 Å². The topological polar surface area (TPSA) is 51.3 Å². The van der Waals surface area contributed by atoms with Gasteiger partial charge in [-0.1, -0.05) is 30.3 Å². The molecule has 0 spiro atoms. The van der Waals surface area contributed by atoms with Crippen molar-refractivity contribution in [1.29, 1.82) is 0 Å². The lowest BCUT2D eigenvalue weighted by atomic mass is 10.0. The van der Waals surface area contributed by atoms with Gasteiger partial charge in [0.2, 0.25) is 0 Å². The van der Waals surface area contributed by atoms with E-state index in [1.54, 1.807) is 15.4 Å². The van der Waals surface area contributed by atoms with Crippen LogP contribution in [0, 0.1) is 18.6 Å². The summed E-state index contributed by atoms with van der Waals surface area (Å²) >= 11 is 0. The molecule has 1 fully saturated rings. The Labute approximate surface area is 195 Å². The van der Waals surface area contributed by atoms with Gasteiger partial charge in [-0.2, -0.15) is 10.2 Å². The van der Waals surface area contributed by atoms with Gasteiger partial charge in [0.1, 0.15) is 23.1 Å². The average molecular weight is 457 g/mol. The van der Waals surface area contributed by atoms with Crippen LogP contribution in [0.15, 0.2) is 73.2 Å². The minimum atomic E-state index is -0.437. The zero-order chi connectivity index (χ0) is 23.2. The first-order valence-corrected chi connectivity index (χ1v) is 11.3. The highest BCUT2D eigenvalue weighted by Crippen LogP contribution is 2.37. The Bertz CT molecular complexity index is 1490. The average Bonchev–Trinajstić information content (AvgIpc) is 3.58. The van der Waals surface area contributed by atoms with Crippen molar-refractivity contribution >= 4 is 11.5 Å². The largest absolute Gasteiger partial charge is 0.349 e. The van der Waals surface area contributed by atoms with Gasteiger partial charge in [-0.05, 0) is 49.6 Å². The third-order valence-corrected chi connectivity index (χ3v) is 6.43. The van der Waals surface area contributed by atoms with Gasteiger partial charge in [0.05, 0.1) is 17.9 Å². The molecule has 0 N–H and O–H groups in total. The van der Waals surface area contributed by atoms with Crippen molar-refractivity contribution in [2.75, 3.05) is 11.4 Å². The van der Waals surface area contributed by atoms with Crippen molar-refractivity contribution in [3.05, 3.63) is 96.1 Å². The molecule has 1 aliphatic heterocycles. The third kappa shape index (κ3) is 3.42. The van der Waals surface area contributed by atoms with E-state index in [0.29, 0.717) is 23.6 Å². The fraction of sp³-hybridized carbons (Fsp3) is 0.192. The highest BCUT2D eigenvalue weighted by molar-refractivity contribution is 5.67. The van der Waals surface area contributed by atoms with Gasteiger partial charge < -0.3 is 4.90 Å². The summed E-state index contributed by atoms with van der Waals surface area (Å²) in [7, 11) is 0. The molecule has 0 radical (unpaired) electrons. The summed E-state index contributed by atoms with van der Waals surface area (Å²) in [5.41, 5.74) is 4.79. The first-order valence-electron chi connectivity index (χ1n) is 11.3. The Morgan fingerprint density at radius 3 is 2.74 bits per heavy atom. The number of hydrogen-bond donors (Lipinski definition) is 0. The molecular formula is C26H22F2N6. The van der Waals surface area contributed by atoms with E-state index >= 15 is 0 Å². The molecule has 1 saturated heterocycles. The normalized spacial score (nSPS) is 16.0. The zero-order valence-corrected chi connectivity index (χ0v) is 18.6. The monoisotopic (exact) mass is 456 g/mol. The van der Waals surface area contributed by atoms with E-state index in [4.69, 9.17) is 10.1 Å². The maximum atomic E-state index is 14.5. The molecule has 4 heterocycles. The Balaban J connectivity index is 1.40. The first-order chi connectivity index (χ1) is 16.6. The molecule has 3 aromatic heterocycles. The van der Waals surface area contributed by atoms with E-state index in [9.17, 15) is 8.78 Å². The molecule has 5 aromatic rings. The predicted molar refractivity (Wildman–Crippen MR) is 126 cm³/mol. The van der Waals surface area contributed by atoms with Crippen molar-refractivity contribution < 1.29 is 8.78 Å². The summed E-state index contributed by atoms with van der Waals surface area (Å²) in [4.78, 5) is 6.92. The summed E-state index contributed by atoms with van der Waals surface area (Å²) in [5.74, 6) is -0.134. The Morgan fingerprint density at radius 1 is 1.03 bits per heavy atom. The zero-order valence-electron chi connectivity index (χ0n) is 18.6.